The van der Waals surface area contributed by atoms with E-state index in [-0.39, 0.29) is 0 Å². The molecule has 0 aromatic carbocycles. The summed E-state index contributed by atoms with van der Waals surface area (Å²) in [7, 11) is 0. The first-order chi connectivity index (χ1) is 5.79. The molecule has 12 heavy (non-hydrogen) atoms. The van der Waals surface area contributed by atoms with E-state index in [2.05, 4.69) is 56.2 Å². The van der Waals surface area contributed by atoms with Crippen LogP contribution in [0, 0.1) is 5.92 Å². The molecule has 64 valence electrons. The van der Waals surface area contributed by atoms with Crippen molar-refractivity contribution in [1.82, 2.24) is 0 Å². The molecule has 0 aromatic rings. The van der Waals surface area contributed by atoms with Gasteiger partial charge in [0, 0.05) is 15.2 Å². The van der Waals surface area contributed by atoms with Gasteiger partial charge in [0.1, 0.15) is 0 Å². The van der Waals surface area contributed by atoms with Crippen molar-refractivity contribution >= 4 is 31.9 Å². The highest BCUT2D eigenvalue weighted by Gasteiger charge is 2.25. The van der Waals surface area contributed by atoms with Crippen LogP contribution in [0.25, 0.3) is 0 Å². The summed E-state index contributed by atoms with van der Waals surface area (Å²) in [6.45, 7) is 0. The summed E-state index contributed by atoms with van der Waals surface area (Å²) in [6, 6.07) is 0. The van der Waals surface area contributed by atoms with E-state index in [1.807, 2.05) is 0 Å². The zero-order valence-electron chi connectivity index (χ0n) is 6.63. The van der Waals surface area contributed by atoms with Crippen LogP contribution in [0.15, 0.2) is 34.4 Å². The molecule has 2 aliphatic rings. The molecule has 0 N–H and O–H groups in total. The lowest BCUT2D eigenvalue weighted by molar-refractivity contribution is 0.580. The SMILES string of the molecule is BrC1=C2C=CCCC2C(Br)C=C1. The van der Waals surface area contributed by atoms with Gasteiger partial charge < -0.3 is 0 Å². The first kappa shape index (κ1) is 8.76. The Labute approximate surface area is 89.7 Å². The fourth-order valence-corrected chi connectivity index (χ4v) is 3.04. The number of allylic oxidation sites excluding steroid dienone is 6. The van der Waals surface area contributed by atoms with Crippen LogP contribution < -0.4 is 0 Å². The number of rotatable bonds is 0. The Hall–Kier alpha value is 0.180. The molecule has 2 atom stereocenters. The van der Waals surface area contributed by atoms with E-state index in [1.54, 1.807) is 0 Å². The first-order valence-corrected chi connectivity index (χ1v) is 5.88. The summed E-state index contributed by atoms with van der Waals surface area (Å²) in [5.41, 5.74) is 1.45. The summed E-state index contributed by atoms with van der Waals surface area (Å²) in [5, 5.41) is 0. The number of halogens is 2. The number of fused-ring (bicyclic) bond motifs is 1. The molecule has 0 bridgehead atoms. The maximum atomic E-state index is 3.68. The number of hydrogen-bond acceptors (Lipinski definition) is 0. The molecule has 0 amide bonds. The summed E-state index contributed by atoms with van der Waals surface area (Å²) in [4.78, 5) is 0.527. The van der Waals surface area contributed by atoms with Gasteiger partial charge in [-0.3, -0.25) is 0 Å². The molecule has 0 fully saturated rings. The van der Waals surface area contributed by atoms with Gasteiger partial charge in [0.25, 0.3) is 0 Å². The number of alkyl halides is 1. The normalized spacial score (nSPS) is 33.8. The summed E-state index contributed by atoms with van der Waals surface area (Å²) < 4.78 is 1.25. The van der Waals surface area contributed by atoms with Crippen molar-refractivity contribution in [2.75, 3.05) is 0 Å². The Morgan fingerprint density at radius 2 is 2.17 bits per heavy atom. The second kappa shape index (κ2) is 3.51. The third-order valence-corrected chi connectivity index (χ3v) is 4.09. The quantitative estimate of drug-likeness (QED) is 0.593. The number of hydrogen-bond donors (Lipinski definition) is 0. The molecule has 2 rings (SSSR count). The van der Waals surface area contributed by atoms with Gasteiger partial charge in [-0.15, -0.1) is 0 Å². The lowest BCUT2D eigenvalue weighted by atomic mass is 9.84. The zero-order chi connectivity index (χ0) is 8.55. The van der Waals surface area contributed by atoms with E-state index < -0.39 is 0 Å². The van der Waals surface area contributed by atoms with Crippen molar-refractivity contribution in [3.05, 3.63) is 34.4 Å². The fourth-order valence-electron chi connectivity index (χ4n) is 1.76. The van der Waals surface area contributed by atoms with E-state index >= 15 is 0 Å². The lowest BCUT2D eigenvalue weighted by Gasteiger charge is -2.28. The van der Waals surface area contributed by atoms with Crippen LogP contribution in [-0.4, -0.2) is 4.83 Å². The molecule has 0 aromatic heterocycles. The Morgan fingerprint density at radius 3 is 2.92 bits per heavy atom. The highest BCUT2D eigenvalue weighted by Crippen LogP contribution is 2.38. The Kier molecular flexibility index (Phi) is 2.56. The van der Waals surface area contributed by atoms with Gasteiger partial charge in [-0.1, -0.05) is 56.2 Å². The van der Waals surface area contributed by atoms with E-state index in [9.17, 15) is 0 Å². The predicted octanol–water partition coefficient (Wildman–Crippen LogP) is 3.93. The fraction of sp³-hybridized carbons (Fsp3) is 0.400. The average Bonchev–Trinajstić information content (AvgIpc) is 2.12. The van der Waals surface area contributed by atoms with Crippen molar-refractivity contribution in [1.29, 1.82) is 0 Å². The Bertz CT molecular complexity index is 274. The minimum atomic E-state index is 0.527. The largest absolute Gasteiger partial charge is 0.0842 e. The van der Waals surface area contributed by atoms with Gasteiger partial charge in [0.2, 0.25) is 0 Å². The lowest BCUT2D eigenvalue weighted by Crippen LogP contribution is -2.19. The Balaban J connectivity index is 2.39. The van der Waals surface area contributed by atoms with Crippen molar-refractivity contribution in [3.63, 3.8) is 0 Å². The first-order valence-electron chi connectivity index (χ1n) is 4.17. The van der Waals surface area contributed by atoms with Crippen molar-refractivity contribution in [2.24, 2.45) is 5.92 Å². The molecule has 0 aliphatic heterocycles. The van der Waals surface area contributed by atoms with Crippen molar-refractivity contribution in [3.8, 4) is 0 Å². The molecule has 2 aliphatic carbocycles. The molecule has 0 heterocycles. The smallest absolute Gasteiger partial charge is 0.0397 e. The molecule has 2 unspecified atom stereocenters. The third-order valence-electron chi connectivity index (χ3n) is 2.43. The molecule has 0 nitrogen and oxygen atoms in total. The van der Waals surface area contributed by atoms with E-state index in [0.29, 0.717) is 10.7 Å². The van der Waals surface area contributed by atoms with Crippen LogP contribution in [0.3, 0.4) is 0 Å². The van der Waals surface area contributed by atoms with E-state index in [0.717, 1.165) is 0 Å². The van der Waals surface area contributed by atoms with Crippen LogP contribution in [0.4, 0.5) is 0 Å². The predicted molar refractivity (Wildman–Crippen MR) is 59.7 cm³/mol. The molecule has 0 saturated heterocycles. The van der Waals surface area contributed by atoms with E-state index in [4.69, 9.17) is 0 Å². The molecular weight excluding hydrogens is 280 g/mol. The highest BCUT2D eigenvalue weighted by molar-refractivity contribution is 9.12. The van der Waals surface area contributed by atoms with Crippen LogP contribution >= 0.6 is 31.9 Å². The minimum absolute atomic E-state index is 0.527. The Morgan fingerprint density at radius 1 is 1.33 bits per heavy atom. The molecule has 0 spiro atoms. The molecular formula is C10H10Br2. The van der Waals surface area contributed by atoms with Gasteiger partial charge in [0.05, 0.1) is 0 Å². The van der Waals surface area contributed by atoms with E-state index in [1.165, 1.54) is 22.9 Å². The summed E-state index contributed by atoms with van der Waals surface area (Å²) >= 11 is 7.26. The minimum Gasteiger partial charge on any atom is -0.0842 e. The zero-order valence-corrected chi connectivity index (χ0v) is 9.81. The van der Waals surface area contributed by atoms with Crippen molar-refractivity contribution in [2.45, 2.75) is 17.7 Å². The topological polar surface area (TPSA) is 0 Å². The van der Waals surface area contributed by atoms with Crippen LogP contribution in [0.2, 0.25) is 0 Å². The van der Waals surface area contributed by atoms with Gasteiger partial charge in [-0.25, -0.2) is 0 Å². The van der Waals surface area contributed by atoms with Gasteiger partial charge in [0.15, 0.2) is 0 Å². The standard InChI is InChI=1S/C10H10Br2/c11-9-5-6-10(12)8-4-2-1-3-7(8)9/h1,3,5-6,8,10H,2,4H2. The van der Waals surface area contributed by atoms with Crippen LogP contribution in [0.5, 0.6) is 0 Å². The van der Waals surface area contributed by atoms with Crippen LogP contribution in [0.1, 0.15) is 12.8 Å². The second-order valence-electron chi connectivity index (χ2n) is 3.19. The maximum absolute atomic E-state index is 3.68. The molecule has 0 saturated carbocycles. The van der Waals surface area contributed by atoms with Gasteiger partial charge in [-0.2, -0.15) is 0 Å². The van der Waals surface area contributed by atoms with Crippen LogP contribution in [-0.2, 0) is 0 Å². The molecule has 0 radical (unpaired) electrons. The van der Waals surface area contributed by atoms with Gasteiger partial charge >= 0.3 is 0 Å². The van der Waals surface area contributed by atoms with Gasteiger partial charge in [-0.05, 0) is 18.4 Å². The van der Waals surface area contributed by atoms with Crippen molar-refractivity contribution < 1.29 is 0 Å². The second-order valence-corrected chi connectivity index (χ2v) is 5.10. The monoisotopic (exact) mass is 288 g/mol. The molecule has 2 heteroatoms. The summed E-state index contributed by atoms with van der Waals surface area (Å²) in [6.07, 6.45) is 11.3. The summed E-state index contributed by atoms with van der Waals surface area (Å²) in [5.74, 6) is 0.675. The third kappa shape index (κ3) is 1.47. The maximum Gasteiger partial charge on any atom is 0.0397 e. The highest BCUT2D eigenvalue weighted by atomic mass is 79.9. The average molecular weight is 290 g/mol.